The highest BCUT2D eigenvalue weighted by Crippen LogP contribution is 2.15. The zero-order valence-electron chi connectivity index (χ0n) is 10.0. The van der Waals surface area contributed by atoms with Gasteiger partial charge in [-0.2, -0.15) is 0 Å². The number of imidazole rings is 1. The van der Waals surface area contributed by atoms with Gasteiger partial charge in [0, 0.05) is 18.4 Å². The summed E-state index contributed by atoms with van der Waals surface area (Å²) in [5.41, 5.74) is 1.33. The Morgan fingerprint density at radius 1 is 1.33 bits per heavy atom. The van der Waals surface area contributed by atoms with E-state index in [1.807, 2.05) is 6.20 Å². The molecule has 0 saturated carbocycles. The fourth-order valence-corrected chi connectivity index (χ4v) is 2.07. The van der Waals surface area contributed by atoms with Crippen LogP contribution in [0.2, 0.25) is 0 Å². The van der Waals surface area contributed by atoms with Gasteiger partial charge in [-0.1, -0.05) is 40.0 Å². The van der Waals surface area contributed by atoms with Crippen molar-refractivity contribution in [2.24, 2.45) is 0 Å². The third kappa shape index (κ3) is 3.49. The Morgan fingerprint density at radius 2 is 2.07 bits per heavy atom. The summed E-state index contributed by atoms with van der Waals surface area (Å²) in [4.78, 5) is 3.14. The molecule has 0 spiro atoms. The molecule has 1 rings (SSSR count). The number of H-pyrrole nitrogens is 1. The fraction of sp³-hybridized carbons (Fsp3) is 0.750. The molecular weight excluding hydrogens is 204 g/mol. The second-order valence-electron chi connectivity index (χ2n) is 4.39. The predicted octanol–water partition coefficient (Wildman–Crippen LogP) is 4.25. The average molecular weight is 226 g/mol. The maximum atomic E-state index is 5.28. The standard InChI is InChI=1S/C12H22N2S/c1-4-5-6-7-8-14-11(10(2)3)9-13-12(14)15/h9-10H,4-8H2,1-3H3,(H,13,15). The summed E-state index contributed by atoms with van der Waals surface area (Å²) in [6.07, 6.45) is 7.21. The Bertz CT molecular complexity index is 336. The van der Waals surface area contributed by atoms with E-state index in [1.54, 1.807) is 0 Å². The van der Waals surface area contributed by atoms with Crippen LogP contribution in [0.3, 0.4) is 0 Å². The Hall–Kier alpha value is -0.570. The molecule has 0 saturated heterocycles. The molecule has 15 heavy (non-hydrogen) atoms. The van der Waals surface area contributed by atoms with Crippen LogP contribution in [0.1, 0.15) is 58.1 Å². The average Bonchev–Trinajstić information content (AvgIpc) is 2.55. The van der Waals surface area contributed by atoms with Gasteiger partial charge < -0.3 is 9.55 Å². The van der Waals surface area contributed by atoms with Gasteiger partial charge in [-0.05, 0) is 24.6 Å². The van der Waals surface area contributed by atoms with Crippen molar-refractivity contribution in [3.8, 4) is 0 Å². The number of aromatic amines is 1. The van der Waals surface area contributed by atoms with E-state index in [1.165, 1.54) is 31.4 Å². The van der Waals surface area contributed by atoms with Gasteiger partial charge in [0.25, 0.3) is 0 Å². The third-order valence-electron chi connectivity index (χ3n) is 2.73. The Balaban J connectivity index is 2.59. The molecule has 0 amide bonds. The first-order valence-electron chi connectivity index (χ1n) is 5.95. The molecule has 0 aliphatic heterocycles. The Morgan fingerprint density at radius 3 is 2.67 bits per heavy atom. The molecule has 0 aliphatic carbocycles. The molecule has 1 aromatic heterocycles. The van der Waals surface area contributed by atoms with Gasteiger partial charge >= 0.3 is 0 Å². The van der Waals surface area contributed by atoms with E-state index < -0.39 is 0 Å². The van der Waals surface area contributed by atoms with Crippen molar-refractivity contribution in [2.45, 2.75) is 58.9 Å². The minimum atomic E-state index is 0.545. The molecule has 0 radical (unpaired) electrons. The summed E-state index contributed by atoms with van der Waals surface area (Å²) >= 11 is 5.28. The lowest BCUT2D eigenvalue weighted by Gasteiger charge is -2.10. The molecule has 0 bridgehead atoms. The maximum absolute atomic E-state index is 5.28. The van der Waals surface area contributed by atoms with Crippen LogP contribution in [0.5, 0.6) is 0 Å². The Kier molecular flexibility index (Phi) is 5.09. The number of hydrogen-bond acceptors (Lipinski definition) is 1. The molecule has 1 heterocycles. The molecular formula is C12H22N2S. The van der Waals surface area contributed by atoms with Gasteiger partial charge in [-0.15, -0.1) is 0 Å². The van der Waals surface area contributed by atoms with Crippen LogP contribution >= 0.6 is 12.2 Å². The van der Waals surface area contributed by atoms with Crippen LogP contribution < -0.4 is 0 Å². The van der Waals surface area contributed by atoms with Crippen molar-refractivity contribution >= 4 is 12.2 Å². The van der Waals surface area contributed by atoms with E-state index >= 15 is 0 Å². The van der Waals surface area contributed by atoms with Crippen molar-refractivity contribution in [2.75, 3.05) is 0 Å². The maximum Gasteiger partial charge on any atom is 0.177 e. The van der Waals surface area contributed by atoms with Gasteiger partial charge in [0.2, 0.25) is 0 Å². The molecule has 3 heteroatoms. The monoisotopic (exact) mass is 226 g/mol. The highest BCUT2D eigenvalue weighted by Gasteiger charge is 2.06. The minimum absolute atomic E-state index is 0.545. The van der Waals surface area contributed by atoms with Gasteiger partial charge in [0.1, 0.15) is 0 Å². The van der Waals surface area contributed by atoms with E-state index in [-0.39, 0.29) is 0 Å². The van der Waals surface area contributed by atoms with E-state index in [9.17, 15) is 0 Å². The number of nitrogens with zero attached hydrogens (tertiary/aromatic N) is 1. The quantitative estimate of drug-likeness (QED) is 0.568. The Labute approximate surface area is 97.7 Å². The highest BCUT2D eigenvalue weighted by atomic mass is 32.1. The summed E-state index contributed by atoms with van der Waals surface area (Å²) in [5, 5.41) is 0. The van der Waals surface area contributed by atoms with Crippen LogP contribution in [0.25, 0.3) is 0 Å². The fourth-order valence-electron chi connectivity index (χ4n) is 1.81. The smallest absolute Gasteiger partial charge is 0.177 e. The molecule has 1 aromatic rings. The first kappa shape index (κ1) is 12.5. The normalized spacial score (nSPS) is 11.2. The van der Waals surface area contributed by atoms with Crippen molar-refractivity contribution in [3.63, 3.8) is 0 Å². The molecule has 86 valence electrons. The lowest BCUT2D eigenvalue weighted by atomic mass is 10.1. The molecule has 1 N–H and O–H groups in total. The summed E-state index contributed by atoms with van der Waals surface area (Å²) < 4.78 is 3.12. The summed E-state index contributed by atoms with van der Waals surface area (Å²) in [5.74, 6) is 0.545. The SMILES string of the molecule is CCCCCCn1c(C(C)C)c[nH]c1=S. The highest BCUT2D eigenvalue weighted by molar-refractivity contribution is 7.71. The largest absolute Gasteiger partial charge is 0.337 e. The van der Waals surface area contributed by atoms with Gasteiger partial charge in [0.05, 0.1) is 0 Å². The summed E-state index contributed by atoms with van der Waals surface area (Å²) in [7, 11) is 0. The zero-order chi connectivity index (χ0) is 11.3. The third-order valence-corrected chi connectivity index (χ3v) is 3.07. The van der Waals surface area contributed by atoms with Crippen molar-refractivity contribution in [1.82, 2.24) is 9.55 Å². The predicted molar refractivity (Wildman–Crippen MR) is 67.8 cm³/mol. The minimum Gasteiger partial charge on any atom is -0.337 e. The molecule has 0 unspecified atom stereocenters. The van der Waals surface area contributed by atoms with Crippen LogP contribution in [0.4, 0.5) is 0 Å². The number of unbranched alkanes of at least 4 members (excludes halogenated alkanes) is 3. The molecule has 0 aromatic carbocycles. The summed E-state index contributed by atoms with van der Waals surface area (Å²) in [6, 6.07) is 0. The first-order chi connectivity index (χ1) is 7.16. The molecule has 0 aliphatic rings. The van der Waals surface area contributed by atoms with E-state index in [2.05, 4.69) is 30.3 Å². The lowest BCUT2D eigenvalue weighted by molar-refractivity contribution is 0.554. The molecule has 0 atom stereocenters. The van der Waals surface area contributed by atoms with E-state index in [0.717, 1.165) is 11.3 Å². The van der Waals surface area contributed by atoms with Crippen LogP contribution in [0, 0.1) is 4.77 Å². The van der Waals surface area contributed by atoms with Crippen LogP contribution in [0.15, 0.2) is 6.20 Å². The molecule has 0 fully saturated rings. The van der Waals surface area contributed by atoms with Gasteiger partial charge in [-0.3, -0.25) is 0 Å². The van der Waals surface area contributed by atoms with Gasteiger partial charge in [-0.25, -0.2) is 0 Å². The second kappa shape index (κ2) is 6.11. The summed E-state index contributed by atoms with van der Waals surface area (Å²) in [6.45, 7) is 7.72. The van der Waals surface area contributed by atoms with Crippen molar-refractivity contribution in [1.29, 1.82) is 0 Å². The van der Waals surface area contributed by atoms with E-state index in [4.69, 9.17) is 12.2 Å². The van der Waals surface area contributed by atoms with Crippen molar-refractivity contribution in [3.05, 3.63) is 16.7 Å². The van der Waals surface area contributed by atoms with Gasteiger partial charge in [0.15, 0.2) is 4.77 Å². The van der Waals surface area contributed by atoms with Crippen LogP contribution in [-0.2, 0) is 6.54 Å². The first-order valence-corrected chi connectivity index (χ1v) is 6.35. The second-order valence-corrected chi connectivity index (χ2v) is 4.77. The molecule has 2 nitrogen and oxygen atoms in total. The lowest BCUT2D eigenvalue weighted by Crippen LogP contribution is -2.04. The number of nitrogens with one attached hydrogen (secondary N) is 1. The zero-order valence-corrected chi connectivity index (χ0v) is 10.9. The number of aromatic nitrogens is 2. The van der Waals surface area contributed by atoms with E-state index in [0.29, 0.717) is 5.92 Å². The van der Waals surface area contributed by atoms with Crippen LogP contribution in [-0.4, -0.2) is 9.55 Å². The van der Waals surface area contributed by atoms with Crippen molar-refractivity contribution < 1.29 is 0 Å². The topological polar surface area (TPSA) is 20.7 Å². The number of hydrogen-bond donors (Lipinski definition) is 1. The number of rotatable bonds is 6.